The van der Waals surface area contributed by atoms with E-state index >= 15 is 0 Å². The number of halogens is 3. The number of hydrogen-bond acceptors (Lipinski definition) is 1. The minimum Gasteiger partial charge on any atom is -0.299 e. The van der Waals surface area contributed by atoms with Crippen LogP contribution in [0.5, 0.6) is 0 Å². The summed E-state index contributed by atoms with van der Waals surface area (Å²) >= 11 is 9.13. The standard InChI is InChI=1S/C13H16BrClFN/c14-12-1-2-13(16)11(7-12)9-17-6-4-10(8-17)3-5-15/h1-2,7,10H,3-6,8-9H2. The van der Waals surface area contributed by atoms with E-state index in [0.717, 1.165) is 35.4 Å². The molecule has 0 amide bonds. The largest absolute Gasteiger partial charge is 0.299 e. The van der Waals surface area contributed by atoms with Crippen LogP contribution in [0.2, 0.25) is 0 Å². The van der Waals surface area contributed by atoms with E-state index in [-0.39, 0.29) is 5.82 Å². The molecule has 94 valence electrons. The van der Waals surface area contributed by atoms with Gasteiger partial charge in [-0.15, -0.1) is 11.6 Å². The third kappa shape index (κ3) is 3.67. The summed E-state index contributed by atoms with van der Waals surface area (Å²) in [5, 5.41) is 0. The average Bonchev–Trinajstić information content (AvgIpc) is 2.72. The van der Waals surface area contributed by atoms with E-state index in [1.165, 1.54) is 12.5 Å². The van der Waals surface area contributed by atoms with Gasteiger partial charge in [-0.2, -0.15) is 0 Å². The number of benzene rings is 1. The first kappa shape index (κ1) is 13.3. The minimum atomic E-state index is -0.117. The van der Waals surface area contributed by atoms with E-state index in [4.69, 9.17) is 11.6 Å². The van der Waals surface area contributed by atoms with Gasteiger partial charge in [0.25, 0.3) is 0 Å². The van der Waals surface area contributed by atoms with Gasteiger partial charge in [-0.3, -0.25) is 4.90 Å². The summed E-state index contributed by atoms with van der Waals surface area (Å²) in [5.41, 5.74) is 0.769. The molecule has 1 fully saturated rings. The van der Waals surface area contributed by atoms with Crippen molar-refractivity contribution in [3.05, 3.63) is 34.1 Å². The van der Waals surface area contributed by atoms with Gasteiger partial charge in [-0.1, -0.05) is 15.9 Å². The molecular weight excluding hydrogens is 305 g/mol. The molecule has 1 heterocycles. The Morgan fingerprint density at radius 3 is 3.06 bits per heavy atom. The number of nitrogens with zero attached hydrogens (tertiary/aromatic N) is 1. The van der Waals surface area contributed by atoms with Crippen molar-refractivity contribution in [1.29, 1.82) is 0 Å². The van der Waals surface area contributed by atoms with Crippen LogP contribution in [0.25, 0.3) is 0 Å². The van der Waals surface area contributed by atoms with Gasteiger partial charge in [0.15, 0.2) is 0 Å². The highest BCUT2D eigenvalue weighted by Crippen LogP contribution is 2.23. The zero-order chi connectivity index (χ0) is 12.3. The van der Waals surface area contributed by atoms with Crippen LogP contribution in [0.15, 0.2) is 22.7 Å². The molecule has 0 aromatic heterocycles. The molecule has 17 heavy (non-hydrogen) atoms. The second-order valence-corrected chi connectivity index (χ2v) is 5.90. The minimum absolute atomic E-state index is 0.117. The smallest absolute Gasteiger partial charge is 0.127 e. The van der Waals surface area contributed by atoms with Gasteiger partial charge in [0.05, 0.1) is 0 Å². The maximum Gasteiger partial charge on any atom is 0.127 e. The van der Waals surface area contributed by atoms with E-state index in [0.29, 0.717) is 12.5 Å². The van der Waals surface area contributed by atoms with Crippen LogP contribution >= 0.6 is 27.5 Å². The fraction of sp³-hybridized carbons (Fsp3) is 0.538. The molecule has 1 saturated heterocycles. The summed E-state index contributed by atoms with van der Waals surface area (Å²) < 4.78 is 14.5. The fourth-order valence-electron chi connectivity index (χ4n) is 2.35. The molecule has 2 rings (SSSR count). The van der Waals surface area contributed by atoms with Crippen LogP contribution in [0.3, 0.4) is 0 Å². The van der Waals surface area contributed by atoms with Gasteiger partial charge in [-0.05, 0) is 43.5 Å². The van der Waals surface area contributed by atoms with Gasteiger partial charge in [0.1, 0.15) is 5.82 Å². The zero-order valence-corrected chi connectivity index (χ0v) is 12.0. The lowest BCUT2D eigenvalue weighted by Crippen LogP contribution is -2.20. The molecular formula is C13H16BrClFN. The maximum atomic E-state index is 13.6. The Balaban J connectivity index is 1.95. The second kappa shape index (κ2) is 6.17. The third-order valence-electron chi connectivity index (χ3n) is 3.29. The molecule has 1 aromatic carbocycles. The predicted octanol–water partition coefficient (Wildman–Crippen LogP) is 4.04. The Hall–Kier alpha value is -0.120. The van der Waals surface area contributed by atoms with E-state index in [1.807, 2.05) is 6.07 Å². The molecule has 1 aliphatic heterocycles. The summed E-state index contributed by atoms with van der Waals surface area (Å²) in [5.74, 6) is 1.29. The molecule has 1 nitrogen and oxygen atoms in total. The van der Waals surface area contributed by atoms with Crippen LogP contribution in [-0.2, 0) is 6.54 Å². The van der Waals surface area contributed by atoms with Crippen molar-refractivity contribution in [2.45, 2.75) is 19.4 Å². The summed E-state index contributed by atoms with van der Waals surface area (Å²) in [7, 11) is 0. The van der Waals surface area contributed by atoms with Gasteiger partial charge in [-0.25, -0.2) is 4.39 Å². The highest BCUT2D eigenvalue weighted by Gasteiger charge is 2.22. The first-order valence-corrected chi connectivity index (χ1v) is 7.24. The fourth-order valence-corrected chi connectivity index (χ4v) is 3.07. The van der Waals surface area contributed by atoms with Crippen molar-refractivity contribution >= 4 is 27.5 Å². The summed E-state index contributed by atoms with van der Waals surface area (Å²) in [6, 6.07) is 5.12. The normalized spacial score (nSPS) is 21.0. The van der Waals surface area contributed by atoms with Crippen molar-refractivity contribution in [1.82, 2.24) is 4.90 Å². The maximum absolute atomic E-state index is 13.6. The Kier molecular flexibility index (Phi) is 4.83. The SMILES string of the molecule is Fc1ccc(Br)cc1CN1CCC(CCCl)C1. The van der Waals surface area contributed by atoms with E-state index < -0.39 is 0 Å². The topological polar surface area (TPSA) is 3.24 Å². The molecule has 0 bridgehead atoms. The molecule has 1 aliphatic rings. The lowest BCUT2D eigenvalue weighted by Gasteiger charge is -2.16. The number of alkyl halides is 1. The van der Waals surface area contributed by atoms with Gasteiger partial charge >= 0.3 is 0 Å². The van der Waals surface area contributed by atoms with E-state index in [1.54, 1.807) is 6.07 Å². The Bertz CT molecular complexity index is 386. The lowest BCUT2D eigenvalue weighted by atomic mass is 10.1. The van der Waals surface area contributed by atoms with Gasteiger partial charge in [0.2, 0.25) is 0 Å². The second-order valence-electron chi connectivity index (χ2n) is 4.60. The highest BCUT2D eigenvalue weighted by molar-refractivity contribution is 9.10. The van der Waals surface area contributed by atoms with Crippen LogP contribution in [0.1, 0.15) is 18.4 Å². The van der Waals surface area contributed by atoms with Gasteiger partial charge in [0, 0.05) is 29.0 Å². The van der Waals surface area contributed by atoms with Crippen molar-refractivity contribution in [2.75, 3.05) is 19.0 Å². The van der Waals surface area contributed by atoms with Crippen molar-refractivity contribution in [3.63, 3.8) is 0 Å². The Labute approximate surface area is 115 Å². The molecule has 0 saturated carbocycles. The summed E-state index contributed by atoms with van der Waals surface area (Å²) in [4.78, 5) is 2.31. The van der Waals surface area contributed by atoms with Crippen LogP contribution in [0.4, 0.5) is 4.39 Å². The average molecular weight is 321 g/mol. The van der Waals surface area contributed by atoms with Crippen molar-refractivity contribution < 1.29 is 4.39 Å². The van der Waals surface area contributed by atoms with E-state index in [2.05, 4.69) is 20.8 Å². The highest BCUT2D eigenvalue weighted by atomic mass is 79.9. The van der Waals surface area contributed by atoms with Crippen molar-refractivity contribution in [3.8, 4) is 0 Å². The third-order valence-corrected chi connectivity index (χ3v) is 4.00. The number of likely N-dealkylation sites (tertiary alicyclic amines) is 1. The lowest BCUT2D eigenvalue weighted by molar-refractivity contribution is 0.310. The van der Waals surface area contributed by atoms with Crippen LogP contribution in [-0.4, -0.2) is 23.9 Å². The number of hydrogen-bond donors (Lipinski definition) is 0. The Morgan fingerprint density at radius 1 is 1.47 bits per heavy atom. The molecule has 0 radical (unpaired) electrons. The first-order valence-electron chi connectivity index (χ1n) is 5.91. The predicted molar refractivity (Wildman–Crippen MR) is 72.8 cm³/mol. The van der Waals surface area contributed by atoms with Crippen LogP contribution in [0, 0.1) is 11.7 Å². The zero-order valence-electron chi connectivity index (χ0n) is 9.63. The molecule has 0 spiro atoms. The van der Waals surface area contributed by atoms with E-state index in [9.17, 15) is 4.39 Å². The van der Waals surface area contributed by atoms with Crippen molar-refractivity contribution in [2.24, 2.45) is 5.92 Å². The first-order chi connectivity index (χ1) is 8.19. The molecule has 1 aromatic rings. The summed E-state index contributed by atoms with van der Waals surface area (Å²) in [6.07, 6.45) is 2.25. The molecule has 0 aliphatic carbocycles. The molecule has 1 atom stereocenters. The molecule has 1 unspecified atom stereocenters. The van der Waals surface area contributed by atoms with Crippen LogP contribution < -0.4 is 0 Å². The Morgan fingerprint density at radius 2 is 2.29 bits per heavy atom. The van der Waals surface area contributed by atoms with Gasteiger partial charge < -0.3 is 0 Å². The number of rotatable bonds is 4. The molecule has 4 heteroatoms. The summed E-state index contributed by atoms with van der Waals surface area (Å²) in [6.45, 7) is 2.79. The molecule has 0 N–H and O–H groups in total. The monoisotopic (exact) mass is 319 g/mol. The quantitative estimate of drug-likeness (QED) is 0.757.